The molecule has 0 radical (unpaired) electrons. The molecule has 7 heteroatoms. The van der Waals surface area contributed by atoms with Gasteiger partial charge < -0.3 is 5.32 Å². The minimum Gasteiger partial charge on any atom is -0.317 e. The zero-order valence-corrected chi connectivity index (χ0v) is 12.3. The number of sulfonamides is 1. The van der Waals surface area contributed by atoms with Gasteiger partial charge in [-0.15, -0.1) is 0 Å². The Morgan fingerprint density at radius 1 is 1.47 bits per heavy atom. The first-order valence-electron chi connectivity index (χ1n) is 6.77. The Morgan fingerprint density at radius 3 is 2.79 bits per heavy atom. The van der Waals surface area contributed by atoms with E-state index in [0.717, 1.165) is 31.6 Å². The molecule has 108 valence electrons. The van der Waals surface area contributed by atoms with Crippen LogP contribution in [0.1, 0.15) is 25.5 Å². The standard InChI is InChI=1S/C12H22N4O2S/c1-3-16-12(8-10(2)15-16)19(17,18)14-9-11-4-6-13-7-5-11/h8,11,13-14H,3-7,9H2,1-2H3. The number of hydrogen-bond donors (Lipinski definition) is 2. The number of aromatic nitrogens is 2. The first kappa shape index (κ1) is 14.5. The SMILES string of the molecule is CCn1nc(C)cc1S(=O)(=O)NCC1CCNCC1. The number of nitrogens with zero attached hydrogens (tertiary/aromatic N) is 2. The predicted octanol–water partition coefficient (Wildman–Crippen LogP) is 0.489. The van der Waals surface area contributed by atoms with Crippen molar-refractivity contribution < 1.29 is 8.42 Å². The Kier molecular flexibility index (Phi) is 4.59. The van der Waals surface area contributed by atoms with Crippen molar-refractivity contribution in [2.24, 2.45) is 5.92 Å². The Morgan fingerprint density at radius 2 is 2.16 bits per heavy atom. The van der Waals surface area contributed by atoms with Crippen LogP contribution in [0.4, 0.5) is 0 Å². The van der Waals surface area contributed by atoms with E-state index in [1.165, 1.54) is 4.68 Å². The van der Waals surface area contributed by atoms with Gasteiger partial charge in [0.2, 0.25) is 0 Å². The Labute approximate surface area is 114 Å². The number of hydrogen-bond acceptors (Lipinski definition) is 4. The van der Waals surface area contributed by atoms with E-state index in [1.807, 2.05) is 6.92 Å². The van der Waals surface area contributed by atoms with Gasteiger partial charge in [-0.25, -0.2) is 13.1 Å². The molecule has 1 aromatic rings. The summed E-state index contributed by atoms with van der Waals surface area (Å²) < 4.78 is 28.8. The van der Waals surface area contributed by atoms with Gasteiger partial charge >= 0.3 is 0 Å². The van der Waals surface area contributed by atoms with Crippen LogP contribution in [-0.4, -0.2) is 37.8 Å². The average Bonchev–Trinajstić information content (AvgIpc) is 2.80. The molecule has 0 atom stereocenters. The van der Waals surface area contributed by atoms with E-state index in [0.29, 0.717) is 19.0 Å². The van der Waals surface area contributed by atoms with Gasteiger partial charge in [-0.3, -0.25) is 4.68 Å². The third-order valence-corrected chi connectivity index (χ3v) is 4.89. The van der Waals surface area contributed by atoms with Crippen molar-refractivity contribution in [3.63, 3.8) is 0 Å². The van der Waals surface area contributed by atoms with Crippen LogP contribution in [0.3, 0.4) is 0 Å². The van der Waals surface area contributed by atoms with Crippen molar-refractivity contribution in [3.05, 3.63) is 11.8 Å². The summed E-state index contributed by atoms with van der Waals surface area (Å²) in [6, 6.07) is 1.62. The normalized spacial score (nSPS) is 17.8. The number of aryl methyl sites for hydroxylation is 2. The Bertz CT molecular complexity index is 518. The van der Waals surface area contributed by atoms with E-state index in [4.69, 9.17) is 0 Å². The highest BCUT2D eigenvalue weighted by atomic mass is 32.2. The predicted molar refractivity (Wildman–Crippen MR) is 73.4 cm³/mol. The molecule has 1 saturated heterocycles. The molecule has 0 amide bonds. The minimum atomic E-state index is -3.45. The zero-order valence-electron chi connectivity index (χ0n) is 11.5. The summed E-state index contributed by atoms with van der Waals surface area (Å²) in [4.78, 5) is 0. The van der Waals surface area contributed by atoms with Crippen molar-refractivity contribution in [3.8, 4) is 0 Å². The molecule has 2 rings (SSSR count). The lowest BCUT2D eigenvalue weighted by Crippen LogP contribution is -2.36. The number of nitrogens with one attached hydrogen (secondary N) is 2. The molecule has 6 nitrogen and oxygen atoms in total. The smallest absolute Gasteiger partial charge is 0.257 e. The van der Waals surface area contributed by atoms with Crippen molar-refractivity contribution in [2.75, 3.05) is 19.6 Å². The van der Waals surface area contributed by atoms with Gasteiger partial charge in [-0.05, 0) is 51.8 Å². The fourth-order valence-electron chi connectivity index (χ4n) is 2.35. The van der Waals surface area contributed by atoms with E-state index in [-0.39, 0.29) is 5.03 Å². The fraction of sp³-hybridized carbons (Fsp3) is 0.750. The van der Waals surface area contributed by atoms with Crippen LogP contribution in [0.2, 0.25) is 0 Å². The van der Waals surface area contributed by atoms with Crippen molar-refractivity contribution in [1.29, 1.82) is 0 Å². The van der Waals surface area contributed by atoms with Crippen molar-refractivity contribution in [2.45, 2.75) is 38.3 Å². The Balaban J connectivity index is 2.04. The molecule has 0 spiro atoms. The second-order valence-corrected chi connectivity index (χ2v) is 6.70. The second kappa shape index (κ2) is 6.02. The van der Waals surface area contributed by atoms with Gasteiger partial charge in [0.15, 0.2) is 5.03 Å². The van der Waals surface area contributed by atoms with E-state index >= 15 is 0 Å². The molecule has 1 fully saturated rings. The molecule has 2 heterocycles. The maximum atomic E-state index is 12.3. The van der Waals surface area contributed by atoms with E-state index in [1.54, 1.807) is 13.0 Å². The van der Waals surface area contributed by atoms with Crippen LogP contribution in [0.15, 0.2) is 11.1 Å². The van der Waals surface area contributed by atoms with Crippen LogP contribution in [0.5, 0.6) is 0 Å². The summed E-state index contributed by atoms with van der Waals surface area (Å²) in [5, 5.41) is 7.72. The first-order chi connectivity index (χ1) is 9.03. The van der Waals surface area contributed by atoms with Gasteiger partial charge in [-0.1, -0.05) is 0 Å². The molecule has 2 N–H and O–H groups in total. The average molecular weight is 286 g/mol. The molecule has 1 aliphatic rings. The van der Waals surface area contributed by atoms with Gasteiger partial charge in [0.25, 0.3) is 10.0 Å². The lowest BCUT2D eigenvalue weighted by molar-refractivity contribution is 0.372. The summed E-state index contributed by atoms with van der Waals surface area (Å²) in [5.74, 6) is 0.426. The fourth-order valence-corrected chi connectivity index (χ4v) is 3.73. The topological polar surface area (TPSA) is 76.0 Å². The largest absolute Gasteiger partial charge is 0.317 e. The van der Waals surface area contributed by atoms with Crippen LogP contribution >= 0.6 is 0 Å². The van der Waals surface area contributed by atoms with Crippen LogP contribution in [0, 0.1) is 12.8 Å². The van der Waals surface area contributed by atoms with Gasteiger partial charge in [-0.2, -0.15) is 5.10 Å². The number of rotatable bonds is 5. The highest BCUT2D eigenvalue weighted by molar-refractivity contribution is 7.89. The van der Waals surface area contributed by atoms with Crippen LogP contribution < -0.4 is 10.0 Å². The molecule has 1 aliphatic heterocycles. The van der Waals surface area contributed by atoms with Crippen LogP contribution in [0.25, 0.3) is 0 Å². The third kappa shape index (κ3) is 3.55. The molecule has 0 aromatic carbocycles. The third-order valence-electron chi connectivity index (χ3n) is 3.46. The van der Waals surface area contributed by atoms with E-state index < -0.39 is 10.0 Å². The Hall–Kier alpha value is -0.920. The molecule has 19 heavy (non-hydrogen) atoms. The van der Waals surface area contributed by atoms with Gasteiger partial charge in [0.05, 0.1) is 5.69 Å². The van der Waals surface area contributed by atoms with Crippen molar-refractivity contribution >= 4 is 10.0 Å². The summed E-state index contributed by atoms with van der Waals surface area (Å²) >= 11 is 0. The van der Waals surface area contributed by atoms with Crippen molar-refractivity contribution in [1.82, 2.24) is 19.8 Å². The first-order valence-corrected chi connectivity index (χ1v) is 8.26. The van der Waals surface area contributed by atoms with Gasteiger partial charge in [0.1, 0.15) is 0 Å². The monoisotopic (exact) mass is 286 g/mol. The maximum Gasteiger partial charge on any atom is 0.257 e. The highest BCUT2D eigenvalue weighted by Gasteiger charge is 2.22. The quantitative estimate of drug-likeness (QED) is 0.826. The van der Waals surface area contributed by atoms with E-state index in [9.17, 15) is 8.42 Å². The summed E-state index contributed by atoms with van der Waals surface area (Å²) in [5.41, 5.74) is 0.726. The highest BCUT2D eigenvalue weighted by Crippen LogP contribution is 2.14. The number of piperidine rings is 1. The summed E-state index contributed by atoms with van der Waals surface area (Å²) in [6.45, 7) is 6.70. The summed E-state index contributed by atoms with van der Waals surface area (Å²) in [7, 11) is -3.45. The molecule has 1 aromatic heterocycles. The zero-order chi connectivity index (χ0) is 13.9. The molecule has 0 aliphatic carbocycles. The van der Waals surface area contributed by atoms with E-state index in [2.05, 4.69) is 15.1 Å². The van der Waals surface area contributed by atoms with Crippen LogP contribution in [-0.2, 0) is 16.6 Å². The summed E-state index contributed by atoms with van der Waals surface area (Å²) in [6.07, 6.45) is 2.04. The lowest BCUT2D eigenvalue weighted by Gasteiger charge is -2.22. The maximum absolute atomic E-state index is 12.3. The molecule has 0 bridgehead atoms. The second-order valence-electron chi connectivity index (χ2n) is 4.98. The van der Waals surface area contributed by atoms with Gasteiger partial charge in [0, 0.05) is 13.1 Å². The molecule has 0 saturated carbocycles. The molecular weight excluding hydrogens is 264 g/mol. The molecule has 0 unspecified atom stereocenters. The lowest BCUT2D eigenvalue weighted by atomic mass is 9.99. The molecular formula is C12H22N4O2S. The minimum absolute atomic E-state index is 0.265.